The fourth-order valence-corrected chi connectivity index (χ4v) is 7.19. The lowest BCUT2D eigenvalue weighted by Crippen LogP contribution is -2.30. The lowest BCUT2D eigenvalue weighted by molar-refractivity contribution is -0.167. The van der Waals surface area contributed by atoms with Crippen LogP contribution in [0.4, 0.5) is 0 Å². The normalized spacial score (nSPS) is 12.6. The van der Waals surface area contributed by atoms with Crippen molar-refractivity contribution < 1.29 is 28.6 Å². The van der Waals surface area contributed by atoms with Gasteiger partial charge < -0.3 is 14.2 Å². The SMILES string of the molecule is CCCCC/C=C\C=C/CCCCCCCCCCCCC(=O)OCC(COC(=O)CCCCCCCCCCC)OC(=O)CCC/C=C\C/C=C\C/C=C\C/C=C\CCCCC. The van der Waals surface area contributed by atoms with Gasteiger partial charge in [-0.2, -0.15) is 0 Å². The first-order valence-corrected chi connectivity index (χ1v) is 26.5. The minimum atomic E-state index is -0.802. The van der Waals surface area contributed by atoms with E-state index in [0.29, 0.717) is 19.3 Å². The molecule has 362 valence electrons. The van der Waals surface area contributed by atoms with E-state index in [4.69, 9.17) is 14.2 Å². The smallest absolute Gasteiger partial charge is 0.306 e. The zero-order valence-corrected chi connectivity index (χ0v) is 41.3. The molecule has 0 heterocycles. The molecule has 0 aliphatic carbocycles. The van der Waals surface area contributed by atoms with Crippen molar-refractivity contribution in [3.05, 3.63) is 72.9 Å². The Labute approximate surface area is 389 Å². The maximum Gasteiger partial charge on any atom is 0.306 e. The van der Waals surface area contributed by atoms with Crippen LogP contribution in [0.3, 0.4) is 0 Å². The molecule has 6 heteroatoms. The Morgan fingerprint density at radius 3 is 1.06 bits per heavy atom. The summed E-state index contributed by atoms with van der Waals surface area (Å²) in [5.74, 6) is -0.957. The average Bonchev–Trinajstić information content (AvgIpc) is 3.28. The van der Waals surface area contributed by atoms with E-state index >= 15 is 0 Å². The van der Waals surface area contributed by atoms with Crippen molar-refractivity contribution in [2.24, 2.45) is 0 Å². The average molecular weight is 879 g/mol. The Morgan fingerprint density at radius 1 is 0.333 bits per heavy atom. The van der Waals surface area contributed by atoms with Crippen LogP contribution in [0, 0.1) is 0 Å². The molecule has 0 saturated heterocycles. The number of rotatable bonds is 47. The number of esters is 3. The number of ether oxygens (including phenoxy) is 3. The van der Waals surface area contributed by atoms with Crippen LogP contribution in [0.5, 0.6) is 0 Å². The predicted molar refractivity (Wildman–Crippen MR) is 270 cm³/mol. The Bertz CT molecular complexity index is 1190. The second-order valence-electron chi connectivity index (χ2n) is 17.5. The summed E-state index contributed by atoms with van der Waals surface area (Å²) < 4.78 is 16.7. The summed E-state index contributed by atoms with van der Waals surface area (Å²) in [5.41, 5.74) is 0. The van der Waals surface area contributed by atoms with Gasteiger partial charge in [0.25, 0.3) is 0 Å². The molecule has 0 rings (SSSR count). The lowest BCUT2D eigenvalue weighted by atomic mass is 10.1. The maximum absolute atomic E-state index is 12.8. The van der Waals surface area contributed by atoms with Gasteiger partial charge in [0.05, 0.1) is 0 Å². The van der Waals surface area contributed by atoms with Crippen molar-refractivity contribution in [1.82, 2.24) is 0 Å². The molecular weight excluding hydrogens is 781 g/mol. The number of hydrogen-bond donors (Lipinski definition) is 0. The van der Waals surface area contributed by atoms with Gasteiger partial charge in [-0.15, -0.1) is 0 Å². The van der Waals surface area contributed by atoms with Gasteiger partial charge in [-0.25, -0.2) is 0 Å². The predicted octanol–water partition coefficient (Wildman–Crippen LogP) is 17.4. The molecule has 0 spiro atoms. The molecule has 0 aliphatic heterocycles. The van der Waals surface area contributed by atoms with Crippen LogP contribution in [0.25, 0.3) is 0 Å². The largest absolute Gasteiger partial charge is 0.462 e. The van der Waals surface area contributed by atoms with E-state index in [-0.39, 0.29) is 37.5 Å². The molecule has 0 aromatic heterocycles. The van der Waals surface area contributed by atoms with E-state index in [1.165, 1.54) is 141 Å². The summed E-state index contributed by atoms with van der Waals surface area (Å²) >= 11 is 0. The molecule has 0 aromatic carbocycles. The molecule has 0 saturated carbocycles. The summed E-state index contributed by atoms with van der Waals surface area (Å²) in [6.45, 7) is 6.52. The zero-order chi connectivity index (χ0) is 45.8. The molecular formula is C57H98O6. The van der Waals surface area contributed by atoms with Crippen LogP contribution in [0.1, 0.15) is 252 Å². The van der Waals surface area contributed by atoms with E-state index in [9.17, 15) is 14.4 Å². The van der Waals surface area contributed by atoms with Gasteiger partial charge in [0.2, 0.25) is 0 Å². The van der Waals surface area contributed by atoms with E-state index < -0.39 is 6.10 Å². The fraction of sp³-hybridized carbons (Fsp3) is 0.737. The number of unbranched alkanes of at least 4 members (excludes halogenated alkanes) is 25. The monoisotopic (exact) mass is 879 g/mol. The maximum atomic E-state index is 12.8. The van der Waals surface area contributed by atoms with Crippen LogP contribution in [0.15, 0.2) is 72.9 Å². The molecule has 1 unspecified atom stereocenters. The molecule has 0 bridgehead atoms. The highest BCUT2D eigenvalue weighted by Gasteiger charge is 2.19. The van der Waals surface area contributed by atoms with Crippen LogP contribution in [-0.2, 0) is 28.6 Å². The molecule has 0 fully saturated rings. The highest BCUT2D eigenvalue weighted by molar-refractivity contribution is 5.71. The van der Waals surface area contributed by atoms with Gasteiger partial charge in [-0.1, -0.05) is 222 Å². The summed E-state index contributed by atoms with van der Waals surface area (Å²) in [6, 6.07) is 0. The third-order valence-corrected chi connectivity index (χ3v) is 11.2. The van der Waals surface area contributed by atoms with Crippen molar-refractivity contribution in [3.8, 4) is 0 Å². The van der Waals surface area contributed by atoms with E-state index in [0.717, 1.165) is 64.2 Å². The minimum absolute atomic E-state index is 0.0969. The van der Waals surface area contributed by atoms with Gasteiger partial charge in [0.15, 0.2) is 6.10 Å². The van der Waals surface area contributed by atoms with Crippen molar-refractivity contribution in [2.45, 2.75) is 258 Å². The molecule has 0 aromatic rings. The number of hydrogen-bond acceptors (Lipinski definition) is 6. The topological polar surface area (TPSA) is 78.9 Å². The summed E-state index contributed by atoms with van der Waals surface area (Å²) in [7, 11) is 0. The number of carbonyl (C=O) groups excluding carboxylic acids is 3. The van der Waals surface area contributed by atoms with Crippen LogP contribution < -0.4 is 0 Å². The summed E-state index contributed by atoms with van der Waals surface area (Å²) in [5, 5.41) is 0. The third kappa shape index (κ3) is 49.7. The Hall–Kier alpha value is -3.15. The van der Waals surface area contributed by atoms with Gasteiger partial charge in [-0.05, 0) is 83.5 Å². The molecule has 0 aliphatic rings. The highest BCUT2D eigenvalue weighted by Crippen LogP contribution is 2.14. The number of allylic oxidation sites excluding steroid dienone is 12. The summed E-state index contributed by atoms with van der Waals surface area (Å²) in [4.78, 5) is 37.9. The van der Waals surface area contributed by atoms with Gasteiger partial charge in [0.1, 0.15) is 13.2 Å². The minimum Gasteiger partial charge on any atom is -0.462 e. The van der Waals surface area contributed by atoms with E-state index in [1.807, 2.05) is 0 Å². The van der Waals surface area contributed by atoms with E-state index in [2.05, 4.69) is 93.7 Å². The fourth-order valence-electron chi connectivity index (χ4n) is 7.19. The first-order valence-electron chi connectivity index (χ1n) is 26.5. The first kappa shape index (κ1) is 59.9. The first-order chi connectivity index (χ1) is 31.0. The van der Waals surface area contributed by atoms with Crippen molar-refractivity contribution in [1.29, 1.82) is 0 Å². The van der Waals surface area contributed by atoms with Crippen LogP contribution >= 0.6 is 0 Å². The Kier molecular flexibility index (Phi) is 48.9. The zero-order valence-electron chi connectivity index (χ0n) is 41.3. The quantitative estimate of drug-likeness (QED) is 0.0199. The number of carbonyl (C=O) groups is 3. The molecule has 1 atom stereocenters. The summed E-state index contributed by atoms with van der Waals surface area (Å²) in [6.07, 6.45) is 64.6. The highest BCUT2D eigenvalue weighted by atomic mass is 16.6. The second kappa shape index (κ2) is 51.5. The van der Waals surface area contributed by atoms with Crippen LogP contribution in [0.2, 0.25) is 0 Å². The van der Waals surface area contributed by atoms with Crippen molar-refractivity contribution in [3.63, 3.8) is 0 Å². The Morgan fingerprint density at radius 2 is 0.635 bits per heavy atom. The Balaban J connectivity index is 4.39. The van der Waals surface area contributed by atoms with E-state index in [1.54, 1.807) is 0 Å². The molecule has 63 heavy (non-hydrogen) atoms. The molecule has 0 N–H and O–H groups in total. The van der Waals surface area contributed by atoms with Gasteiger partial charge >= 0.3 is 17.9 Å². The lowest BCUT2D eigenvalue weighted by Gasteiger charge is -2.18. The molecule has 0 amide bonds. The van der Waals surface area contributed by atoms with Crippen molar-refractivity contribution >= 4 is 17.9 Å². The third-order valence-electron chi connectivity index (χ3n) is 11.2. The molecule has 6 nitrogen and oxygen atoms in total. The second-order valence-corrected chi connectivity index (χ2v) is 17.5. The van der Waals surface area contributed by atoms with Gasteiger partial charge in [0, 0.05) is 19.3 Å². The standard InChI is InChI=1S/C57H98O6/c1-4-7-10-13-16-19-21-23-25-27-28-30-31-33-35-38-41-44-47-50-56(59)62-53-54(52-61-55(58)49-46-43-40-37-18-15-12-9-6-3)63-57(60)51-48-45-42-39-36-34-32-29-26-24-22-20-17-14-11-8-5-2/h16-17,19-21,23-24,26,32,34,39,42,54H,4-15,18,22,25,27-31,33,35-38,40-41,43-53H2,1-3H3/b19-16-,20-17-,23-21-,26-24-,34-32-,42-39-. The molecule has 0 radical (unpaired) electrons. The van der Waals surface area contributed by atoms with Crippen LogP contribution in [-0.4, -0.2) is 37.2 Å². The van der Waals surface area contributed by atoms with Crippen molar-refractivity contribution in [2.75, 3.05) is 13.2 Å². The van der Waals surface area contributed by atoms with Gasteiger partial charge in [-0.3, -0.25) is 14.4 Å².